The molecule has 1 atom stereocenters. The molecular formula is C21H22N6O2. The first-order chi connectivity index (χ1) is 14.2. The molecule has 8 heteroatoms. The van der Waals surface area contributed by atoms with Crippen molar-refractivity contribution in [2.45, 2.75) is 25.8 Å². The van der Waals surface area contributed by atoms with Crippen molar-refractivity contribution in [1.82, 2.24) is 24.6 Å². The number of likely N-dealkylation sites (tertiary alicyclic amines) is 1. The maximum Gasteiger partial charge on any atom is 0.289 e. The van der Waals surface area contributed by atoms with Gasteiger partial charge in [0.25, 0.3) is 5.91 Å². The minimum atomic E-state index is -0.0713. The van der Waals surface area contributed by atoms with Gasteiger partial charge >= 0.3 is 0 Å². The summed E-state index contributed by atoms with van der Waals surface area (Å²) < 4.78 is 7.68. The van der Waals surface area contributed by atoms with Crippen LogP contribution >= 0.6 is 0 Å². The van der Waals surface area contributed by atoms with Crippen LogP contribution < -0.4 is 5.73 Å². The van der Waals surface area contributed by atoms with E-state index < -0.39 is 0 Å². The second-order valence-corrected chi connectivity index (χ2v) is 7.41. The van der Waals surface area contributed by atoms with Crippen molar-refractivity contribution in [1.29, 1.82) is 0 Å². The van der Waals surface area contributed by atoms with E-state index in [2.05, 4.69) is 9.97 Å². The van der Waals surface area contributed by atoms with Crippen molar-refractivity contribution in [2.75, 3.05) is 19.6 Å². The van der Waals surface area contributed by atoms with E-state index in [9.17, 15) is 4.79 Å². The van der Waals surface area contributed by atoms with Gasteiger partial charge in [0.2, 0.25) is 0 Å². The average Bonchev–Trinajstić information content (AvgIpc) is 3.45. The highest BCUT2D eigenvalue weighted by Crippen LogP contribution is 2.33. The Morgan fingerprint density at radius 2 is 2.10 bits per heavy atom. The van der Waals surface area contributed by atoms with E-state index in [4.69, 9.17) is 15.2 Å². The normalized spacial score (nSPS) is 16.9. The van der Waals surface area contributed by atoms with E-state index in [0.29, 0.717) is 31.9 Å². The van der Waals surface area contributed by atoms with Crippen LogP contribution in [0.1, 0.15) is 34.2 Å². The topological polar surface area (TPSA) is 103 Å². The predicted octanol–water partition coefficient (Wildman–Crippen LogP) is 2.47. The summed E-state index contributed by atoms with van der Waals surface area (Å²) in [6.45, 7) is 4.24. The highest BCUT2D eigenvalue weighted by Gasteiger charge is 2.33. The average molecular weight is 390 g/mol. The largest absolute Gasteiger partial charge is 0.451 e. The van der Waals surface area contributed by atoms with Crippen LogP contribution in [-0.4, -0.2) is 50.2 Å². The molecule has 148 valence electrons. The number of nitrogens with zero attached hydrogens (tertiary/aromatic N) is 5. The molecule has 3 aromatic heterocycles. The number of amides is 1. The van der Waals surface area contributed by atoms with Crippen LogP contribution in [0, 0.1) is 6.92 Å². The summed E-state index contributed by atoms with van der Waals surface area (Å²) in [4.78, 5) is 23.9. The lowest BCUT2D eigenvalue weighted by atomic mass is 10.0. The van der Waals surface area contributed by atoms with E-state index in [-0.39, 0.29) is 11.8 Å². The van der Waals surface area contributed by atoms with Crippen LogP contribution in [0.15, 0.2) is 41.1 Å². The molecule has 1 amide bonds. The summed E-state index contributed by atoms with van der Waals surface area (Å²) in [6.07, 6.45) is 4.17. The van der Waals surface area contributed by atoms with E-state index in [0.717, 1.165) is 39.8 Å². The third-order valence-corrected chi connectivity index (χ3v) is 5.64. The maximum atomic E-state index is 13.1. The highest BCUT2D eigenvalue weighted by atomic mass is 16.3. The summed E-state index contributed by atoms with van der Waals surface area (Å²) in [7, 11) is 0. The zero-order chi connectivity index (χ0) is 20.0. The molecule has 1 aliphatic rings. The van der Waals surface area contributed by atoms with Gasteiger partial charge in [0.1, 0.15) is 11.1 Å². The van der Waals surface area contributed by atoms with E-state index >= 15 is 0 Å². The Hall–Kier alpha value is -3.26. The summed E-state index contributed by atoms with van der Waals surface area (Å²) in [5.41, 5.74) is 9.76. The molecule has 1 saturated heterocycles. The molecule has 1 fully saturated rings. The van der Waals surface area contributed by atoms with Crippen molar-refractivity contribution >= 4 is 28.0 Å². The van der Waals surface area contributed by atoms with Crippen LogP contribution in [0.3, 0.4) is 0 Å². The van der Waals surface area contributed by atoms with Crippen LogP contribution in [0.5, 0.6) is 0 Å². The minimum absolute atomic E-state index is 0.0713. The summed E-state index contributed by atoms with van der Waals surface area (Å²) >= 11 is 0. The van der Waals surface area contributed by atoms with Crippen molar-refractivity contribution in [3.8, 4) is 0 Å². The molecule has 0 aliphatic carbocycles. The third kappa shape index (κ3) is 2.87. The van der Waals surface area contributed by atoms with E-state index in [1.165, 1.54) is 0 Å². The number of benzene rings is 1. The van der Waals surface area contributed by atoms with E-state index in [1.54, 1.807) is 12.4 Å². The van der Waals surface area contributed by atoms with Gasteiger partial charge in [0, 0.05) is 48.9 Å². The van der Waals surface area contributed by atoms with Gasteiger partial charge in [-0.2, -0.15) is 5.10 Å². The predicted molar refractivity (Wildman–Crippen MR) is 109 cm³/mol. The van der Waals surface area contributed by atoms with Gasteiger partial charge < -0.3 is 15.1 Å². The standard InChI is InChI=1S/C21H22N6O2/c1-13-15-4-2-3-5-16(15)29-19(13)21(28)26-10-6-14(12-26)17-18-20(24-9-8-23-18)27(25-17)11-7-22/h2-5,8-9,14H,6-7,10-12,22H2,1H3/t14-/m0/s1. The van der Waals surface area contributed by atoms with Crippen molar-refractivity contribution in [2.24, 2.45) is 5.73 Å². The van der Waals surface area contributed by atoms with Crippen LogP contribution in [0.25, 0.3) is 22.1 Å². The Labute approximate surface area is 167 Å². The molecule has 1 aromatic carbocycles. The number of para-hydroxylation sites is 1. The number of fused-ring (bicyclic) bond motifs is 2. The second kappa shape index (κ2) is 6.97. The first kappa shape index (κ1) is 17.8. The van der Waals surface area contributed by atoms with Gasteiger partial charge in [-0.1, -0.05) is 18.2 Å². The van der Waals surface area contributed by atoms with Gasteiger partial charge in [-0.25, -0.2) is 14.6 Å². The second-order valence-electron chi connectivity index (χ2n) is 7.41. The molecule has 4 heterocycles. The molecule has 4 aromatic rings. The van der Waals surface area contributed by atoms with E-state index in [1.807, 2.05) is 40.8 Å². The van der Waals surface area contributed by atoms with Gasteiger partial charge in [-0.3, -0.25) is 4.79 Å². The third-order valence-electron chi connectivity index (χ3n) is 5.64. The molecule has 29 heavy (non-hydrogen) atoms. The number of hydrogen-bond donors (Lipinski definition) is 1. The number of carbonyl (C=O) groups excluding carboxylic acids is 1. The molecule has 0 radical (unpaired) electrons. The summed E-state index contributed by atoms with van der Waals surface area (Å²) in [6, 6.07) is 7.73. The number of carbonyl (C=O) groups is 1. The first-order valence-electron chi connectivity index (χ1n) is 9.82. The molecular weight excluding hydrogens is 368 g/mol. The number of aromatic nitrogens is 4. The highest BCUT2D eigenvalue weighted by molar-refractivity contribution is 5.99. The number of hydrogen-bond acceptors (Lipinski definition) is 6. The van der Waals surface area contributed by atoms with Gasteiger partial charge in [0.05, 0.1) is 12.2 Å². The lowest BCUT2D eigenvalue weighted by Crippen LogP contribution is -2.28. The number of rotatable bonds is 4. The Morgan fingerprint density at radius 3 is 2.93 bits per heavy atom. The Bertz CT molecular complexity index is 1210. The van der Waals surface area contributed by atoms with Crippen molar-refractivity contribution in [3.05, 3.63) is 53.7 Å². The monoisotopic (exact) mass is 390 g/mol. The summed E-state index contributed by atoms with van der Waals surface area (Å²) in [5.74, 6) is 0.463. The fraction of sp³-hybridized carbons (Fsp3) is 0.333. The van der Waals surface area contributed by atoms with Gasteiger partial charge in [0.15, 0.2) is 11.4 Å². The molecule has 0 spiro atoms. The number of nitrogens with two attached hydrogens (primary N) is 1. The Balaban J connectivity index is 1.43. The van der Waals surface area contributed by atoms with Crippen LogP contribution in [0.2, 0.25) is 0 Å². The zero-order valence-electron chi connectivity index (χ0n) is 16.2. The quantitative estimate of drug-likeness (QED) is 0.574. The molecule has 0 saturated carbocycles. The van der Waals surface area contributed by atoms with Crippen LogP contribution in [-0.2, 0) is 6.54 Å². The maximum absolute atomic E-state index is 13.1. The zero-order valence-corrected chi connectivity index (χ0v) is 16.2. The smallest absolute Gasteiger partial charge is 0.289 e. The molecule has 1 aliphatic heterocycles. The Morgan fingerprint density at radius 1 is 1.28 bits per heavy atom. The van der Waals surface area contributed by atoms with Gasteiger partial charge in [-0.15, -0.1) is 0 Å². The minimum Gasteiger partial charge on any atom is -0.451 e. The SMILES string of the molecule is Cc1c(C(=O)N2CC[C@H](c3nn(CCN)c4nccnc34)C2)oc2ccccc12. The fourth-order valence-electron chi connectivity index (χ4n) is 4.17. The number of furan rings is 1. The molecule has 2 N–H and O–H groups in total. The summed E-state index contributed by atoms with van der Waals surface area (Å²) in [5, 5.41) is 5.71. The molecule has 8 nitrogen and oxygen atoms in total. The first-order valence-corrected chi connectivity index (χ1v) is 9.82. The molecule has 0 bridgehead atoms. The fourth-order valence-corrected chi connectivity index (χ4v) is 4.17. The van der Waals surface area contributed by atoms with Crippen LogP contribution in [0.4, 0.5) is 0 Å². The molecule has 0 unspecified atom stereocenters. The lowest BCUT2D eigenvalue weighted by molar-refractivity contribution is 0.0760. The lowest BCUT2D eigenvalue weighted by Gasteiger charge is -2.15. The Kier molecular flexibility index (Phi) is 4.28. The molecule has 5 rings (SSSR count). The van der Waals surface area contributed by atoms with Crippen molar-refractivity contribution in [3.63, 3.8) is 0 Å². The van der Waals surface area contributed by atoms with Crippen molar-refractivity contribution < 1.29 is 9.21 Å². The number of aryl methyl sites for hydroxylation is 1. The van der Waals surface area contributed by atoms with Gasteiger partial charge in [-0.05, 0) is 19.4 Å².